The number of methoxy groups -OCH3 is 3. The summed E-state index contributed by atoms with van der Waals surface area (Å²) >= 11 is 0. The van der Waals surface area contributed by atoms with Crippen molar-refractivity contribution in [3.05, 3.63) is 53.1 Å². The molecule has 0 aromatic heterocycles. The van der Waals surface area contributed by atoms with E-state index in [9.17, 15) is 19.2 Å². The van der Waals surface area contributed by atoms with Gasteiger partial charge in [-0.3, -0.25) is 19.3 Å². The second kappa shape index (κ2) is 8.64. The fourth-order valence-electron chi connectivity index (χ4n) is 3.13. The van der Waals surface area contributed by atoms with E-state index in [4.69, 9.17) is 14.2 Å². The number of nitrogens with one attached hydrogen (secondary N) is 1. The summed E-state index contributed by atoms with van der Waals surface area (Å²) in [5.41, 5.74) is 0.864. The summed E-state index contributed by atoms with van der Waals surface area (Å²) in [6, 6.07) is 9.32. The number of nitrogens with zero attached hydrogens (tertiary/aromatic N) is 1. The lowest BCUT2D eigenvalue weighted by Crippen LogP contribution is -2.33. The minimum absolute atomic E-state index is 0.0734. The lowest BCUT2D eigenvalue weighted by molar-refractivity contribution is -0.116. The van der Waals surface area contributed by atoms with E-state index in [1.54, 1.807) is 24.3 Å². The van der Waals surface area contributed by atoms with Gasteiger partial charge in [0.25, 0.3) is 11.8 Å². The van der Waals surface area contributed by atoms with Gasteiger partial charge in [-0.05, 0) is 12.1 Å². The topological polar surface area (TPSA) is 111 Å². The quantitative estimate of drug-likeness (QED) is 0.548. The Bertz CT molecular complexity index is 997. The Balaban J connectivity index is 1.74. The lowest BCUT2D eigenvalue weighted by atomic mass is 10.1. The van der Waals surface area contributed by atoms with Crippen LogP contribution in [0.3, 0.4) is 0 Å². The van der Waals surface area contributed by atoms with Crippen LogP contribution in [-0.4, -0.2) is 56.5 Å². The zero-order valence-electron chi connectivity index (χ0n) is 16.7. The second-order valence-electron chi connectivity index (χ2n) is 6.35. The minimum Gasteiger partial charge on any atom is -0.493 e. The van der Waals surface area contributed by atoms with Crippen molar-refractivity contribution in [2.24, 2.45) is 0 Å². The van der Waals surface area contributed by atoms with E-state index in [1.807, 2.05) is 0 Å². The number of anilines is 1. The summed E-state index contributed by atoms with van der Waals surface area (Å²) in [4.78, 5) is 50.4. The molecule has 0 atom stereocenters. The molecule has 0 aliphatic carbocycles. The van der Waals surface area contributed by atoms with E-state index in [1.165, 1.54) is 33.5 Å². The van der Waals surface area contributed by atoms with Crippen LogP contribution in [0, 0.1) is 0 Å². The van der Waals surface area contributed by atoms with Gasteiger partial charge < -0.3 is 19.5 Å². The molecule has 1 N–H and O–H groups in total. The summed E-state index contributed by atoms with van der Waals surface area (Å²) in [7, 11) is 4.05. The highest BCUT2D eigenvalue weighted by Crippen LogP contribution is 2.34. The first-order valence-electron chi connectivity index (χ1n) is 9.00. The summed E-state index contributed by atoms with van der Waals surface area (Å²) in [5, 5.41) is 2.60. The van der Waals surface area contributed by atoms with E-state index in [-0.39, 0.29) is 24.2 Å². The number of rotatable bonds is 7. The van der Waals surface area contributed by atoms with Gasteiger partial charge in [-0.1, -0.05) is 12.1 Å². The van der Waals surface area contributed by atoms with Crippen LogP contribution in [0.2, 0.25) is 0 Å². The number of carbonyl (C=O) groups is 4. The van der Waals surface area contributed by atoms with Crippen LogP contribution in [0.25, 0.3) is 0 Å². The molecule has 0 saturated heterocycles. The monoisotopic (exact) mass is 412 g/mol. The molecule has 30 heavy (non-hydrogen) atoms. The van der Waals surface area contributed by atoms with E-state index < -0.39 is 23.7 Å². The van der Waals surface area contributed by atoms with Gasteiger partial charge in [0, 0.05) is 25.1 Å². The second-order valence-corrected chi connectivity index (χ2v) is 6.35. The van der Waals surface area contributed by atoms with Crippen LogP contribution in [-0.2, 0) is 9.53 Å². The van der Waals surface area contributed by atoms with Crippen LogP contribution < -0.4 is 14.8 Å². The molecule has 0 bridgehead atoms. The molecule has 2 aromatic rings. The number of amides is 3. The van der Waals surface area contributed by atoms with Crippen LogP contribution in [0.1, 0.15) is 37.5 Å². The molecule has 0 unspecified atom stereocenters. The van der Waals surface area contributed by atoms with Crippen molar-refractivity contribution in [1.82, 2.24) is 4.90 Å². The molecule has 0 radical (unpaired) electrons. The van der Waals surface area contributed by atoms with Crippen LogP contribution in [0.15, 0.2) is 36.4 Å². The first kappa shape index (κ1) is 20.8. The Morgan fingerprint density at radius 1 is 0.933 bits per heavy atom. The Hall–Kier alpha value is -3.88. The average molecular weight is 412 g/mol. The largest absolute Gasteiger partial charge is 0.493 e. The lowest BCUT2D eigenvalue weighted by Gasteiger charge is -2.16. The predicted octanol–water partition coefficient (Wildman–Crippen LogP) is 2.12. The molecule has 0 fully saturated rings. The summed E-state index contributed by atoms with van der Waals surface area (Å²) in [6.07, 6.45) is -0.152. The van der Waals surface area contributed by atoms with Crippen molar-refractivity contribution in [2.45, 2.75) is 6.42 Å². The number of esters is 1. The van der Waals surface area contributed by atoms with Gasteiger partial charge in [0.15, 0.2) is 11.5 Å². The normalized spacial score (nSPS) is 12.4. The molecule has 0 spiro atoms. The molecule has 9 nitrogen and oxygen atoms in total. The first-order valence-corrected chi connectivity index (χ1v) is 9.00. The zero-order valence-corrected chi connectivity index (χ0v) is 16.7. The van der Waals surface area contributed by atoms with Gasteiger partial charge >= 0.3 is 5.97 Å². The Kier molecular flexibility index (Phi) is 6.01. The SMILES string of the molecule is COC(=O)c1cc(OC)c(OC)cc1NC(=O)CCN1C(=O)c2ccccc2C1=O. The Morgan fingerprint density at radius 2 is 1.50 bits per heavy atom. The van der Waals surface area contributed by atoms with Crippen LogP contribution in [0.4, 0.5) is 5.69 Å². The molecule has 1 aliphatic rings. The van der Waals surface area contributed by atoms with Gasteiger partial charge in [0.1, 0.15) is 0 Å². The van der Waals surface area contributed by atoms with Crippen molar-refractivity contribution in [3.63, 3.8) is 0 Å². The van der Waals surface area contributed by atoms with E-state index in [2.05, 4.69) is 5.32 Å². The highest BCUT2D eigenvalue weighted by atomic mass is 16.5. The molecule has 2 aromatic carbocycles. The molecule has 156 valence electrons. The molecule has 1 heterocycles. The van der Waals surface area contributed by atoms with Gasteiger partial charge in [-0.25, -0.2) is 4.79 Å². The third-order valence-electron chi connectivity index (χ3n) is 4.64. The molecular formula is C21H20N2O7. The van der Waals surface area contributed by atoms with Crippen molar-refractivity contribution < 1.29 is 33.4 Å². The highest BCUT2D eigenvalue weighted by molar-refractivity contribution is 6.21. The number of ether oxygens (including phenoxy) is 3. The fraction of sp³-hybridized carbons (Fsp3) is 0.238. The standard InChI is InChI=1S/C21H20N2O7/c1-28-16-10-14(21(27)30-3)15(11-17(16)29-2)22-18(24)8-9-23-19(25)12-6-4-5-7-13(12)20(23)26/h4-7,10-11H,8-9H2,1-3H3,(H,22,24). The molecule has 9 heteroatoms. The Morgan fingerprint density at radius 3 is 2.03 bits per heavy atom. The fourth-order valence-corrected chi connectivity index (χ4v) is 3.13. The number of imide groups is 1. The number of hydrogen-bond acceptors (Lipinski definition) is 7. The van der Waals surface area contributed by atoms with E-state index in [0.717, 1.165) is 4.90 Å². The third kappa shape index (κ3) is 3.82. The minimum atomic E-state index is -0.674. The van der Waals surface area contributed by atoms with Crippen LogP contribution >= 0.6 is 0 Å². The van der Waals surface area contributed by atoms with Crippen molar-refractivity contribution in [3.8, 4) is 11.5 Å². The average Bonchev–Trinajstić information content (AvgIpc) is 3.01. The van der Waals surface area contributed by atoms with E-state index in [0.29, 0.717) is 22.6 Å². The van der Waals surface area contributed by atoms with Gasteiger partial charge in [-0.2, -0.15) is 0 Å². The number of hydrogen-bond donors (Lipinski definition) is 1. The van der Waals surface area contributed by atoms with Crippen molar-refractivity contribution in [1.29, 1.82) is 0 Å². The van der Waals surface area contributed by atoms with Crippen molar-refractivity contribution in [2.75, 3.05) is 33.2 Å². The molecule has 0 saturated carbocycles. The number of benzene rings is 2. The van der Waals surface area contributed by atoms with Gasteiger partial charge in [-0.15, -0.1) is 0 Å². The summed E-state index contributed by atoms with van der Waals surface area (Å²) in [6.45, 7) is -0.0982. The maximum atomic E-state index is 12.5. The van der Waals surface area contributed by atoms with Gasteiger partial charge in [0.2, 0.25) is 5.91 Å². The van der Waals surface area contributed by atoms with Gasteiger partial charge in [0.05, 0.1) is 43.7 Å². The number of fused-ring (bicyclic) bond motifs is 1. The molecular weight excluding hydrogens is 392 g/mol. The smallest absolute Gasteiger partial charge is 0.340 e. The molecule has 3 amide bonds. The molecule has 3 rings (SSSR count). The summed E-state index contributed by atoms with van der Waals surface area (Å²) < 4.78 is 15.1. The Labute approximate surface area is 172 Å². The third-order valence-corrected chi connectivity index (χ3v) is 4.64. The van der Waals surface area contributed by atoms with Crippen LogP contribution in [0.5, 0.6) is 11.5 Å². The predicted molar refractivity (Wildman–Crippen MR) is 106 cm³/mol. The maximum Gasteiger partial charge on any atom is 0.340 e. The highest BCUT2D eigenvalue weighted by Gasteiger charge is 2.35. The molecule has 1 aliphatic heterocycles. The maximum absolute atomic E-state index is 12.5. The van der Waals surface area contributed by atoms with Crippen molar-refractivity contribution >= 4 is 29.4 Å². The summed E-state index contributed by atoms with van der Waals surface area (Å²) in [5.74, 6) is -1.45. The zero-order chi connectivity index (χ0) is 21.8. The van der Waals surface area contributed by atoms with E-state index >= 15 is 0 Å². The first-order chi connectivity index (χ1) is 14.4. The number of carbonyl (C=O) groups excluding carboxylic acids is 4.